The molecule has 1 aliphatic rings. The van der Waals surface area contributed by atoms with Crippen molar-refractivity contribution in [3.05, 3.63) is 118 Å². The number of rotatable bonds is 7. The van der Waals surface area contributed by atoms with Crippen molar-refractivity contribution in [1.29, 1.82) is 5.26 Å². The van der Waals surface area contributed by atoms with Crippen LogP contribution in [0.2, 0.25) is 0 Å². The number of carbonyl (C=O) groups excluding carboxylic acids is 2. The Morgan fingerprint density at radius 2 is 1.65 bits per heavy atom. The van der Waals surface area contributed by atoms with Crippen LogP contribution in [0.5, 0.6) is 5.75 Å². The summed E-state index contributed by atoms with van der Waals surface area (Å²) in [5, 5.41) is 15.5. The molecular formula is C36H32N4O3. The van der Waals surface area contributed by atoms with E-state index in [1.165, 1.54) is 4.90 Å². The van der Waals surface area contributed by atoms with Crippen molar-refractivity contribution < 1.29 is 14.3 Å². The van der Waals surface area contributed by atoms with Crippen molar-refractivity contribution in [2.45, 2.75) is 32.9 Å². The Kier molecular flexibility index (Phi) is 7.43. The van der Waals surface area contributed by atoms with Crippen LogP contribution in [0.15, 0.2) is 85.1 Å². The molecule has 0 radical (unpaired) electrons. The molecule has 1 aliphatic heterocycles. The fourth-order valence-corrected chi connectivity index (χ4v) is 6.25. The number of hydrogen-bond acceptors (Lipinski definition) is 4. The summed E-state index contributed by atoms with van der Waals surface area (Å²) in [5.74, 6) is 0.442. The molecule has 5 aromatic rings. The minimum absolute atomic E-state index is 0.0871. The highest BCUT2D eigenvalue weighted by Gasteiger charge is 2.33. The Bertz CT molecular complexity index is 1930. The van der Waals surface area contributed by atoms with Crippen molar-refractivity contribution in [2.24, 2.45) is 0 Å². The van der Waals surface area contributed by atoms with Crippen molar-refractivity contribution in [3.8, 4) is 11.8 Å². The number of amides is 2. The molecule has 1 N–H and O–H groups in total. The van der Waals surface area contributed by atoms with Gasteiger partial charge in [-0.15, -0.1) is 0 Å². The van der Waals surface area contributed by atoms with Crippen LogP contribution in [0.25, 0.3) is 27.9 Å². The van der Waals surface area contributed by atoms with Crippen molar-refractivity contribution >= 4 is 39.7 Å². The van der Waals surface area contributed by atoms with E-state index < -0.39 is 6.04 Å². The zero-order chi connectivity index (χ0) is 30.1. The molecule has 2 heterocycles. The van der Waals surface area contributed by atoms with Crippen LogP contribution < -0.4 is 10.1 Å². The molecule has 0 spiro atoms. The second kappa shape index (κ2) is 11.5. The third-order valence-corrected chi connectivity index (χ3v) is 8.31. The highest BCUT2D eigenvalue weighted by Crippen LogP contribution is 2.44. The number of ether oxygens (including phenoxy) is 1. The van der Waals surface area contributed by atoms with Gasteiger partial charge in [-0.25, -0.2) is 0 Å². The molecule has 214 valence electrons. The summed E-state index contributed by atoms with van der Waals surface area (Å²) in [6.45, 7) is 5.34. The largest absolute Gasteiger partial charge is 0.497 e. The van der Waals surface area contributed by atoms with E-state index in [-0.39, 0.29) is 11.8 Å². The summed E-state index contributed by atoms with van der Waals surface area (Å²) in [5.41, 5.74) is 7.12. The lowest BCUT2D eigenvalue weighted by Crippen LogP contribution is -2.32. The first-order valence-electron chi connectivity index (χ1n) is 14.4. The monoisotopic (exact) mass is 568 g/mol. The molecule has 7 heteroatoms. The average Bonchev–Trinajstić information content (AvgIpc) is 3.39. The summed E-state index contributed by atoms with van der Waals surface area (Å²) in [4.78, 5) is 27.6. The van der Waals surface area contributed by atoms with Gasteiger partial charge in [-0.05, 0) is 85.5 Å². The number of fused-ring (bicyclic) bond motifs is 4. The van der Waals surface area contributed by atoms with E-state index in [0.717, 1.165) is 56.2 Å². The fourth-order valence-electron chi connectivity index (χ4n) is 6.25. The highest BCUT2D eigenvalue weighted by atomic mass is 16.5. The van der Waals surface area contributed by atoms with Gasteiger partial charge in [0, 0.05) is 52.3 Å². The van der Waals surface area contributed by atoms with Gasteiger partial charge in [-0.2, -0.15) is 5.26 Å². The SMILES string of the molecule is COc1ccc2c(c1)c1c(C)c3c(c(C)c1n2CCCNC(=O)c1ccccc1)C=CN(C(=O)c1ccccc1)C3C#N. The first-order chi connectivity index (χ1) is 20.9. The minimum atomic E-state index is -0.770. The van der Waals surface area contributed by atoms with E-state index in [2.05, 4.69) is 28.9 Å². The lowest BCUT2D eigenvalue weighted by Gasteiger charge is -2.31. The number of benzene rings is 4. The van der Waals surface area contributed by atoms with Crippen LogP contribution in [0.4, 0.5) is 0 Å². The maximum absolute atomic E-state index is 13.5. The molecule has 1 aromatic heterocycles. The predicted octanol–water partition coefficient (Wildman–Crippen LogP) is 6.93. The summed E-state index contributed by atoms with van der Waals surface area (Å²) in [7, 11) is 1.65. The maximum Gasteiger partial charge on any atom is 0.259 e. The molecule has 1 atom stereocenters. The molecule has 2 amide bonds. The maximum atomic E-state index is 13.5. The molecular weight excluding hydrogens is 536 g/mol. The van der Waals surface area contributed by atoms with Crippen molar-refractivity contribution in [1.82, 2.24) is 14.8 Å². The van der Waals surface area contributed by atoms with Crippen LogP contribution in [0.3, 0.4) is 0 Å². The number of nitriles is 1. The van der Waals surface area contributed by atoms with Gasteiger partial charge in [-0.3, -0.25) is 14.5 Å². The molecule has 4 aromatic carbocycles. The topological polar surface area (TPSA) is 87.4 Å². The normalized spacial score (nSPS) is 14.0. The Hall–Kier alpha value is -5.35. The number of aryl methyl sites for hydroxylation is 3. The lowest BCUT2D eigenvalue weighted by molar-refractivity contribution is 0.0793. The molecule has 6 rings (SSSR count). The van der Waals surface area contributed by atoms with Crippen molar-refractivity contribution in [3.63, 3.8) is 0 Å². The smallest absolute Gasteiger partial charge is 0.259 e. The van der Waals surface area contributed by atoms with Gasteiger partial charge in [0.05, 0.1) is 18.7 Å². The molecule has 7 nitrogen and oxygen atoms in total. The molecule has 0 saturated heterocycles. The molecule has 0 aliphatic carbocycles. The summed E-state index contributed by atoms with van der Waals surface area (Å²) >= 11 is 0. The molecule has 0 saturated carbocycles. The van der Waals surface area contributed by atoms with Crippen molar-refractivity contribution in [2.75, 3.05) is 13.7 Å². The third-order valence-electron chi connectivity index (χ3n) is 8.31. The average molecular weight is 569 g/mol. The summed E-state index contributed by atoms with van der Waals surface area (Å²) < 4.78 is 7.90. The molecule has 0 fully saturated rings. The number of carbonyl (C=O) groups is 2. The van der Waals surface area contributed by atoms with Gasteiger partial charge in [0.1, 0.15) is 11.8 Å². The number of nitrogens with zero attached hydrogens (tertiary/aromatic N) is 3. The number of nitrogens with one attached hydrogen (secondary N) is 1. The van der Waals surface area contributed by atoms with Crippen LogP contribution in [-0.2, 0) is 6.54 Å². The quantitative estimate of drug-likeness (QED) is 0.216. The Labute approximate surface area is 250 Å². The van der Waals surface area contributed by atoms with Gasteiger partial charge in [-0.1, -0.05) is 36.4 Å². The van der Waals surface area contributed by atoms with Crippen LogP contribution in [-0.4, -0.2) is 34.9 Å². The Morgan fingerprint density at radius 1 is 0.953 bits per heavy atom. The predicted molar refractivity (Wildman–Crippen MR) is 169 cm³/mol. The lowest BCUT2D eigenvalue weighted by atomic mass is 9.86. The zero-order valence-corrected chi connectivity index (χ0v) is 24.4. The molecule has 1 unspecified atom stereocenters. The second-order valence-corrected chi connectivity index (χ2v) is 10.7. The summed E-state index contributed by atoms with van der Waals surface area (Å²) in [6.07, 6.45) is 4.42. The van der Waals surface area contributed by atoms with Crippen LogP contribution in [0, 0.1) is 25.2 Å². The van der Waals surface area contributed by atoms with E-state index in [0.29, 0.717) is 24.2 Å². The highest BCUT2D eigenvalue weighted by molar-refractivity contribution is 6.13. The van der Waals surface area contributed by atoms with E-state index in [4.69, 9.17) is 4.74 Å². The van der Waals surface area contributed by atoms with E-state index >= 15 is 0 Å². The summed E-state index contributed by atoms with van der Waals surface area (Å²) in [6, 6.07) is 26.0. The number of aromatic nitrogens is 1. The first-order valence-corrected chi connectivity index (χ1v) is 14.4. The van der Waals surface area contributed by atoms with E-state index in [1.54, 1.807) is 25.4 Å². The number of hydrogen-bond donors (Lipinski definition) is 1. The Morgan fingerprint density at radius 3 is 2.33 bits per heavy atom. The van der Waals surface area contributed by atoms with E-state index in [1.807, 2.05) is 73.7 Å². The van der Waals surface area contributed by atoms with E-state index in [9.17, 15) is 14.9 Å². The van der Waals surface area contributed by atoms with Gasteiger partial charge < -0.3 is 14.6 Å². The van der Waals surface area contributed by atoms with Crippen LogP contribution >= 0.6 is 0 Å². The third kappa shape index (κ3) is 4.81. The number of methoxy groups -OCH3 is 1. The van der Waals surface area contributed by atoms with Crippen LogP contribution in [0.1, 0.15) is 55.4 Å². The minimum Gasteiger partial charge on any atom is -0.497 e. The molecule has 43 heavy (non-hydrogen) atoms. The van der Waals surface area contributed by atoms with Gasteiger partial charge in [0.25, 0.3) is 11.8 Å². The standard InChI is InChI=1S/C36H32N4O3/c1-23-28-17-20-40(36(42)26-13-8-5-9-14-26)31(22-37)32(28)24(2)33-29-21-27(43-3)15-16-30(29)39(34(23)33)19-10-18-38-35(41)25-11-6-4-7-12-25/h4-9,11-17,20-21,31H,10,18-19H2,1-3H3,(H,38,41). The van der Waals surface area contributed by atoms with Gasteiger partial charge in [0.15, 0.2) is 0 Å². The Balaban J connectivity index is 1.42. The first kappa shape index (κ1) is 27.8. The second-order valence-electron chi connectivity index (χ2n) is 10.7. The zero-order valence-electron chi connectivity index (χ0n) is 24.4. The van der Waals surface area contributed by atoms with Gasteiger partial charge in [0.2, 0.25) is 0 Å². The molecule has 0 bridgehead atoms. The van der Waals surface area contributed by atoms with Gasteiger partial charge >= 0.3 is 0 Å². The fraction of sp³-hybridized carbons (Fsp3) is 0.194.